The SMILES string of the molecule is [2H]c1c([2H])c([2H])c([N+](=O)[O-])c(-c2c([2H])c([2H])c3oc4c([2H])c([2H])c([2H])c([2H])c4c3c2[2H])c1[2H]. The molecule has 4 nitrogen and oxygen atoms in total. The number of nitrogens with zero attached hydrogens (tertiary/aromatic N) is 1. The van der Waals surface area contributed by atoms with Crippen LogP contribution in [0.5, 0.6) is 0 Å². The van der Waals surface area contributed by atoms with Gasteiger partial charge in [0.05, 0.1) is 25.6 Å². The van der Waals surface area contributed by atoms with Crippen LogP contribution in [0.15, 0.2) is 70.9 Å². The van der Waals surface area contributed by atoms with Gasteiger partial charge >= 0.3 is 0 Å². The molecule has 4 heteroatoms. The first-order chi connectivity index (χ1) is 15.3. The molecule has 0 N–H and O–H groups in total. The third kappa shape index (κ3) is 1.85. The van der Waals surface area contributed by atoms with Crippen LogP contribution in [0, 0.1) is 10.1 Å². The molecular weight excluding hydrogens is 278 g/mol. The van der Waals surface area contributed by atoms with Gasteiger partial charge in [-0.15, -0.1) is 0 Å². The summed E-state index contributed by atoms with van der Waals surface area (Å²) in [6, 6.07) is -8.27. The monoisotopic (exact) mass is 300 g/mol. The summed E-state index contributed by atoms with van der Waals surface area (Å²) in [5.74, 6) is 0. The summed E-state index contributed by atoms with van der Waals surface area (Å²) in [6.07, 6.45) is 0. The zero-order valence-corrected chi connectivity index (χ0v) is 10.7. The molecule has 0 radical (unpaired) electrons. The maximum Gasteiger partial charge on any atom is 0.277 e. The number of rotatable bonds is 2. The molecule has 22 heavy (non-hydrogen) atoms. The highest BCUT2D eigenvalue weighted by Crippen LogP contribution is 2.35. The fourth-order valence-corrected chi connectivity index (χ4v) is 2.05. The first kappa shape index (κ1) is 5.57. The van der Waals surface area contributed by atoms with E-state index >= 15 is 0 Å². The van der Waals surface area contributed by atoms with Crippen LogP contribution in [0.25, 0.3) is 33.1 Å². The van der Waals surface area contributed by atoms with Crippen LogP contribution < -0.4 is 0 Å². The van der Waals surface area contributed by atoms with Gasteiger partial charge in [0.2, 0.25) is 0 Å². The molecule has 0 aliphatic heterocycles. The van der Waals surface area contributed by atoms with Crippen molar-refractivity contribution in [2.24, 2.45) is 0 Å². The van der Waals surface area contributed by atoms with Crippen LogP contribution >= 0.6 is 0 Å². The molecule has 0 amide bonds. The molecule has 0 saturated carbocycles. The standard InChI is InChI=1S/C18H11NO3/c20-19(21)16-7-3-1-5-13(16)12-9-10-18-15(11-12)14-6-2-4-8-17(14)22-18/h1-11H/i1D,2D,3D,4D,5D,6D,7D,8D,9D,10D,11D. The van der Waals surface area contributed by atoms with Gasteiger partial charge in [-0.05, 0) is 29.7 Å². The lowest BCUT2D eigenvalue weighted by atomic mass is 10.0. The molecule has 0 saturated heterocycles. The van der Waals surface area contributed by atoms with Gasteiger partial charge in [0.25, 0.3) is 5.69 Å². The minimum absolute atomic E-state index is 0.278. The summed E-state index contributed by atoms with van der Waals surface area (Å²) >= 11 is 0. The Labute approximate surface area is 141 Å². The summed E-state index contributed by atoms with van der Waals surface area (Å²) in [6.45, 7) is 0. The van der Waals surface area contributed by atoms with Gasteiger partial charge in [0, 0.05) is 16.8 Å². The van der Waals surface area contributed by atoms with Crippen molar-refractivity contribution in [2.45, 2.75) is 0 Å². The lowest BCUT2D eigenvalue weighted by molar-refractivity contribution is -0.384. The second-order valence-corrected chi connectivity index (χ2v) is 4.24. The minimum atomic E-state index is -1.09. The zero-order valence-electron chi connectivity index (χ0n) is 21.7. The van der Waals surface area contributed by atoms with E-state index < -0.39 is 93.8 Å². The van der Waals surface area contributed by atoms with E-state index in [0.29, 0.717) is 0 Å². The van der Waals surface area contributed by atoms with E-state index in [1.807, 2.05) is 0 Å². The molecule has 0 atom stereocenters. The smallest absolute Gasteiger partial charge is 0.277 e. The van der Waals surface area contributed by atoms with Crippen molar-refractivity contribution in [3.8, 4) is 11.1 Å². The maximum absolute atomic E-state index is 11.7. The summed E-state index contributed by atoms with van der Waals surface area (Å²) in [5.41, 5.74) is -3.30. The molecule has 0 spiro atoms. The summed E-state index contributed by atoms with van der Waals surface area (Å²) in [4.78, 5) is 10.6. The predicted octanol–water partition coefficient (Wildman–Crippen LogP) is 5.16. The number of fused-ring (bicyclic) bond motifs is 3. The van der Waals surface area contributed by atoms with E-state index in [0.717, 1.165) is 0 Å². The van der Waals surface area contributed by atoms with E-state index in [-0.39, 0.29) is 16.4 Å². The van der Waals surface area contributed by atoms with E-state index in [9.17, 15) is 10.1 Å². The summed E-state index contributed by atoms with van der Waals surface area (Å²) in [7, 11) is 0. The lowest BCUT2D eigenvalue weighted by Crippen LogP contribution is -1.91. The van der Waals surface area contributed by atoms with E-state index in [2.05, 4.69) is 0 Å². The normalized spacial score (nSPS) is 18.1. The Hall–Kier alpha value is -3.14. The minimum Gasteiger partial charge on any atom is -0.456 e. The third-order valence-electron chi connectivity index (χ3n) is 2.99. The largest absolute Gasteiger partial charge is 0.456 e. The van der Waals surface area contributed by atoms with Gasteiger partial charge in [-0.1, -0.05) is 36.3 Å². The molecule has 106 valence electrons. The van der Waals surface area contributed by atoms with Crippen molar-refractivity contribution in [3.63, 3.8) is 0 Å². The molecule has 0 bridgehead atoms. The van der Waals surface area contributed by atoms with Gasteiger partial charge < -0.3 is 4.42 Å². The van der Waals surface area contributed by atoms with Crippen molar-refractivity contribution in [3.05, 3.63) is 76.6 Å². The van der Waals surface area contributed by atoms with Crippen LogP contribution in [-0.2, 0) is 0 Å². The summed E-state index contributed by atoms with van der Waals surface area (Å²) < 4.78 is 94.3. The van der Waals surface area contributed by atoms with Crippen LogP contribution in [0.2, 0.25) is 0 Å². The Morgan fingerprint density at radius 2 is 1.64 bits per heavy atom. The second-order valence-electron chi connectivity index (χ2n) is 4.24. The van der Waals surface area contributed by atoms with Gasteiger partial charge in [-0.2, -0.15) is 0 Å². The number of nitro benzene ring substituents is 1. The molecule has 0 aliphatic rings. The Kier molecular flexibility index (Phi) is 1.19. The molecule has 4 rings (SSSR count). The number of para-hydroxylation sites is 2. The average Bonchev–Trinajstić information content (AvgIpc) is 3.17. The van der Waals surface area contributed by atoms with E-state index in [1.165, 1.54) is 0 Å². The van der Waals surface area contributed by atoms with Crippen molar-refractivity contribution in [2.75, 3.05) is 0 Å². The van der Waals surface area contributed by atoms with Crippen LogP contribution in [0.4, 0.5) is 5.69 Å². The summed E-state index contributed by atoms with van der Waals surface area (Å²) in [5, 5.41) is 11.1. The first-order valence-corrected chi connectivity index (χ1v) is 6.00. The molecule has 3 aromatic carbocycles. The number of hydrogen-bond acceptors (Lipinski definition) is 3. The van der Waals surface area contributed by atoms with Crippen molar-refractivity contribution in [1.29, 1.82) is 0 Å². The van der Waals surface area contributed by atoms with Crippen molar-refractivity contribution in [1.82, 2.24) is 0 Å². The van der Waals surface area contributed by atoms with Gasteiger partial charge in [-0.3, -0.25) is 10.1 Å². The Balaban J connectivity index is 2.33. The Morgan fingerprint density at radius 1 is 0.909 bits per heavy atom. The van der Waals surface area contributed by atoms with Crippen LogP contribution in [-0.4, -0.2) is 4.92 Å². The quantitative estimate of drug-likeness (QED) is 0.379. The average molecular weight is 300 g/mol. The Bertz CT molecular complexity index is 1560. The van der Waals surface area contributed by atoms with Crippen LogP contribution in [0.3, 0.4) is 0 Å². The lowest BCUT2D eigenvalue weighted by Gasteiger charge is -2.03. The number of benzene rings is 3. The molecule has 0 fully saturated rings. The van der Waals surface area contributed by atoms with Crippen LogP contribution in [0.1, 0.15) is 15.1 Å². The predicted molar refractivity (Wildman–Crippen MR) is 85.8 cm³/mol. The highest BCUT2D eigenvalue weighted by molar-refractivity contribution is 6.06. The number of hydrogen-bond donors (Lipinski definition) is 0. The topological polar surface area (TPSA) is 56.3 Å². The maximum atomic E-state index is 11.7. The fourth-order valence-electron chi connectivity index (χ4n) is 2.05. The molecule has 4 aromatic rings. The van der Waals surface area contributed by atoms with Gasteiger partial charge in [0.1, 0.15) is 11.2 Å². The number of furan rings is 1. The molecule has 0 aliphatic carbocycles. The zero-order chi connectivity index (χ0) is 24.7. The third-order valence-corrected chi connectivity index (χ3v) is 2.99. The Morgan fingerprint density at radius 3 is 2.50 bits per heavy atom. The second kappa shape index (κ2) is 4.70. The fraction of sp³-hybridized carbons (Fsp3) is 0. The van der Waals surface area contributed by atoms with E-state index in [4.69, 9.17) is 19.5 Å². The van der Waals surface area contributed by atoms with Gasteiger partial charge in [-0.25, -0.2) is 0 Å². The van der Waals surface area contributed by atoms with Crippen molar-refractivity contribution < 1.29 is 24.4 Å². The first-order valence-electron chi connectivity index (χ1n) is 11.5. The molecule has 1 aromatic heterocycles. The molecule has 1 heterocycles. The number of nitro groups is 1. The van der Waals surface area contributed by atoms with E-state index in [1.54, 1.807) is 0 Å². The van der Waals surface area contributed by atoms with Gasteiger partial charge in [0.15, 0.2) is 0 Å². The highest BCUT2D eigenvalue weighted by atomic mass is 16.6. The molecule has 0 unspecified atom stereocenters. The molecular formula is C18H11NO3. The van der Waals surface area contributed by atoms with Crippen molar-refractivity contribution >= 4 is 27.6 Å². The highest BCUT2D eigenvalue weighted by Gasteiger charge is 2.15.